The second-order valence-electron chi connectivity index (χ2n) is 7.94. The van der Waals surface area contributed by atoms with E-state index < -0.39 is 17.5 Å². The lowest BCUT2D eigenvalue weighted by Gasteiger charge is -2.31. The van der Waals surface area contributed by atoms with Gasteiger partial charge >= 0.3 is 6.09 Å². The van der Waals surface area contributed by atoms with Crippen molar-refractivity contribution in [1.82, 2.24) is 9.97 Å². The third-order valence-corrected chi connectivity index (χ3v) is 5.05. The van der Waals surface area contributed by atoms with Crippen LogP contribution in [0.1, 0.15) is 26.3 Å². The number of aromatic nitrogens is 2. The third-order valence-electron chi connectivity index (χ3n) is 4.59. The molecule has 1 amide bonds. The van der Waals surface area contributed by atoms with Crippen LogP contribution < -0.4 is 14.5 Å². The van der Waals surface area contributed by atoms with Crippen LogP contribution in [0.15, 0.2) is 22.9 Å². The first kappa shape index (κ1) is 20.8. The molecule has 0 atom stereocenters. The van der Waals surface area contributed by atoms with Crippen LogP contribution in [0.3, 0.4) is 0 Å². The van der Waals surface area contributed by atoms with Crippen LogP contribution in [0, 0.1) is 5.82 Å². The molecule has 0 N–H and O–H groups in total. The number of hydrogen-bond acceptors (Lipinski definition) is 7. The summed E-state index contributed by atoms with van der Waals surface area (Å²) >= 11 is 3.29. The van der Waals surface area contributed by atoms with E-state index in [2.05, 4.69) is 25.9 Å². The molecule has 160 valence electrons. The standard InChI is InChI=1S/C20H22BrFN4O4/c1-20(2,3)30-19(27)26-15-9-12(21)8-14(22)16(15)29-10-13-17(23-11-24-18(13)26)25-4-6-28-7-5-25/h8-9,11H,4-7,10H2,1-3H3. The predicted octanol–water partition coefficient (Wildman–Crippen LogP) is 4.18. The Morgan fingerprint density at radius 1 is 1.20 bits per heavy atom. The Balaban J connectivity index is 1.88. The number of morpholine rings is 1. The molecule has 4 rings (SSSR count). The molecule has 2 aliphatic rings. The number of ether oxygens (including phenoxy) is 3. The minimum Gasteiger partial charge on any atom is -0.483 e. The lowest BCUT2D eigenvalue weighted by Crippen LogP contribution is -2.38. The van der Waals surface area contributed by atoms with E-state index in [9.17, 15) is 9.18 Å². The van der Waals surface area contributed by atoms with Crippen LogP contribution in [0.4, 0.5) is 26.5 Å². The molecule has 2 aliphatic heterocycles. The van der Waals surface area contributed by atoms with Crippen molar-refractivity contribution in [3.63, 3.8) is 0 Å². The fraction of sp³-hybridized carbons (Fsp3) is 0.450. The first-order valence-corrected chi connectivity index (χ1v) is 10.4. The molecular formula is C20H22BrFN4O4. The van der Waals surface area contributed by atoms with E-state index in [1.807, 2.05) is 4.90 Å². The molecule has 8 nitrogen and oxygen atoms in total. The summed E-state index contributed by atoms with van der Waals surface area (Å²) in [5, 5.41) is 0. The van der Waals surface area contributed by atoms with Crippen molar-refractivity contribution in [3.8, 4) is 5.75 Å². The molecule has 1 saturated heterocycles. The molecule has 0 bridgehead atoms. The molecule has 3 heterocycles. The van der Waals surface area contributed by atoms with Gasteiger partial charge in [-0.05, 0) is 32.9 Å². The topological polar surface area (TPSA) is 77.0 Å². The number of rotatable bonds is 1. The van der Waals surface area contributed by atoms with E-state index in [0.29, 0.717) is 48.0 Å². The first-order valence-electron chi connectivity index (χ1n) is 9.56. The first-order chi connectivity index (χ1) is 14.2. The van der Waals surface area contributed by atoms with Crippen LogP contribution in [0.2, 0.25) is 0 Å². The lowest BCUT2D eigenvalue weighted by atomic mass is 10.2. The number of halogens is 2. The van der Waals surface area contributed by atoms with Crippen molar-refractivity contribution >= 4 is 39.3 Å². The summed E-state index contributed by atoms with van der Waals surface area (Å²) < 4.78 is 32.1. The summed E-state index contributed by atoms with van der Waals surface area (Å²) in [6, 6.07) is 2.89. The van der Waals surface area contributed by atoms with E-state index >= 15 is 0 Å². The van der Waals surface area contributed by atoms with Gasteiger partial charge in [0.15, 0.2) is 17.4 Å². The van der Waals surface area contributed by atoms with Gasteiger partial charge in [0.2, 0.25) is 0 Å². The van der Waals surface area contributed by atoms with Gasteiger partial charge in [-0.25, -0.2) is 24.1 Å². The number of benzene rings is 1. The number of nitrogens with zero attached hydrogens (tertiary/aromatic N) is 4. The van der Waals surface area contributed by atoms with Crippen molar-refractivity contribution in [3.05, 3.63) is 34.3 Å². The highest BCUT2D eigenvalue weighted by atomic mass is 79.9. The van der Waals surface area contributed by atoms with Gasteiger partial charge in [-0.3, -0.25) is 0 Å². The molecule has 0 saturated carbocycles. The summed E-state index contributed by atoms with van der Waals surface area (Å²) in [6.07, 6.45) is 0.708. The molecule has 30 heavy (non-hydrogen) atoms. The van der Waals surface area contributed by atoms with Crippen molar-refractivity contribution in [2.24, 2.45) is 0 Å². The second-order valence-corrected chi connectivity index (χ2v) is 8.85. The third kappa shape index (κ3) is 4.06. The van der Waals surface area contributed by atoms with Crippen molar-refractivity contribution < 1.29 is 23.4 Å². The quantitative estimate of drug-likeness (QED) is 0.605. The Morgan fingerprint density at radius 2 is 1.90 bits per heavy atom. The maximum atomic E-state index is 14.8. The van der Waals surface area contributed by atoms with Crippen LogP contribution >= 0.6 is 15.9 Å². The van der Waals surface area contributed by atoms with E-state index in [-0.39, 0.29) is 18.0 Å². The number of carbonyl (C=O) groups excluding carboxylic acids is 1. The molecule has 10 heteroatoms. The highest BCUT2D eigenvalue weighted by Crippen LogP contribution is 2.44. The van der Waals surface area contributed by atoms with Gasteiger partial charge in [-0.1, -0.05) is 15.9 Å². The minimum absolute atomic E-state index is 0.00765. The van der Waals surface area contributed by atoms with Gasteiger partial charge in [0.25, 0.3) is 0 Å². The van der Waals surface area contributed by atoms with E-state index in [0.717, 1.165) is 0 Å². The lowest BCUT2D eigenvalue weighted by molar-refractivity contribution is 0.0597. The minimum atomic E-state index is -0.755. The van der Waals surface area contributed by atoms with Gasteiger partial charge in [0, 0.05) is 17.6 Å². The second kappa shape index (κ2) is 7.99. The number of fused-ring (bicyclic) bond motifs is 2. The number of anilines is 3. The fourth-order valence-corrected chi connectivity index (χ4v) is 3.79. The Labute approximate surface area is 182 Å². The SMILES string of the molecule is CC(C)(C)OC(=O)N1c2cc(Br)cc(F)c2OCc2c(N3CCOCC3)ncnc21. The molecule has 0 unspecified atom stereocenters. The van der Waals surface area contributed by atoms with Crippen molar-refractivity contribution in [2.75, 3.05) is 36.1 Å². The van der Waals surface area contributed by atoms with Gasteiger partial charge < -0.3 is 19.1 Å². The molecule has 1 fully saturated rings. The summed E-state index contributed by atoms with van der Waals surface area (Å²) in [6.45, 7) is 7.72. The monoisotopic (exact) mass is 480 g/mol. The Kier molecular flexibility index (Phi) is 5.54. The molecule has 0 aliphatic carbocycles. The van der Waals surface area contributed by atoms with E-state index in [4.69, 9.17) is 14.2 Å². The molecule has 1 aromatic heterocycles. The average Bonchev–Trinajstić information content (AvgIpc) is 2.84. The highest BCUT2D eigenvalue weighted by Gasteiger charge is 2.35. The highest BCUT2D eigenvalue weighted by molar-refractivity contribution is 9.10. The zero-order valence-electron chi connectivity index (χ0n) is 16.9. The van der Waals surface area contributed by atoms with Gasteiger partial charge in [0.1, 0.15) is 30.0 Å². The van der Waals surface area contributed by atoms with Crippen LogP contribution in [-0.4, -0.2) is 48.0 Å². The van der Waals surface area contributed by atoms with Crippen molar-refractivity contribution in [2.45, 2.75) is 33.0 Å². The zero-order valence-corrected chi connectivity index (χ0v) is 18.5. The van der Waals surface area contributed by atoms with Gasteiger partial charge in [0.05, 0.1) is 18.8 Å². The van der Waals surface area contributed by atoms with Crippen molar-refractivity contribution in [1.29, 1.82) is 0 Å². The van der Waals surface area contributed by atoms with Gasteiger partial charge in [-0.15, -0.1) is 0 Å². The van der Waals surface area contributed by atoms with Gasteiger partial charge in [-0.2, -0.15) is 0 Å². The van der Waals surface area contributed by atoms with E-state index in [1.54, 1.807) is 26.8 Å². The molecule has 1 aromatic carbocycles. The average molecular weight is 481 g/mol. The Morgan fingerprint density at radius 3 is 2.60 bits per heavy atom. The normalized spacial score (nSPS) is 16.3. The summed E-state index contributed by atoms with van der Waals surface area (Å²) in [5.41, 5.74) is 0.0355. The number of amides is 1. The Hall–Kier alpha value is -2.46. The zero-order chi connectivity index (χ0) is 21.5. The molecule has 0 radical (unpaired) electrons. The summed E-state index contributed by atoms with van der Waals surface area (Å²) in [7, 11) is 0. The molecule has 0 spiro atoms. The van der Waals surface area contributed by atoms with Crippen LogP contribution in [0.25, 0.3) is 0 Å². The largest absolute Gasteiger partial charge is 0.483 e. The molecule has 2 aromatic rings. The maximum absolute atomic E-state index is 14.8. The maximum Gasteiger partial charge on any atom is 0.420 e. The van der Waals surface area contributed by atoms with Crippen LogP contribution in [0.5, 0.6) is 5.75 Å². The number of carbonyl (C=O) groups is 1. The molecular weight excluding hydrogens is 459 g/mol. The Bertz CT molecular complexity index is 976. The van der Waals surface area contributed by atoms with Crippen LogP contribution in [-0.2, 0) is 16.1 Å². The smallest absolute Gasteiger partial charge is 0.420 e. The fourth-order valence-electron chi connectivity index (χ4n) is 3.37. The summed E-state index contributed by atoms with van der Waals surface area (Å²) in [5.74, 6) is 0.290. The predicted molar refractivity (Wildman–Crippen MR) is 112 cm³/mol. The summed E-state index contributed by atoms with van der Waals surface area (Å²) in [4.78, 5) is 25.3. The van der Waals surface area contributed by atoms with E-state index in [1.165, 1.54) is 17.3 Å². The number of hydrogen-bond donors (Lipinski definition) is 0.